The number of aliphatic hydroxyl groups is 1. The van der Waals surface area contributed by atoms with Crippen molar-refractivity contribution in [2.24, 2.45) is 0 Å². The Morgan fingerprint density at radius 3 is 2.71 bits per heavy atom. The molecule has 0 saturated carbocycles. The van der Waals surface area contributed by atoms with Crippen molar-refractivity contribution < 1.29 is 14.3 Å². The maximum atomic E-state index is 13.9. The number of hydrogen-bond donors (Lipinski definition) is 2. The smallest absolute Gasteiger partial charge is 0.257 e. The van der Waals surface area contributed by atoms with Gasteiger partial charge in [-0.15, -0.1) is 0 Å². The van der Waals surface area contributed by atoms with Gasteiger partial charge in [0.2, 0.25) is 0 Å². The number of nitrogen functional groups attached to an aromatic ring is 1. The van der Waals surface area contributed by atoms with E-state index in [1.165, 1.54) is 12.1 Å². The predicted octanol–water partition coefficient (Wildman–Crippen LogP) is 0.937. The van der Waals surface area contributed by atoms with Crippen LogP contribution < -0.4 is 5.73 Å². The summed E-state index contributed by atoms with van der Waals surface area (Å²) in [6.07, 6.45) is 1.66. The summed E-state index contributed by atoms with van der Waals surface area (Å²) in [6.45, 7) is 1.87. The number of aliphatic hydroxyl groups excluding tert-OH is 1. The van der Waals surface area contributed by atoms with Gasteiger partial charge in [0.15, 0.2) is 0 Å². The molecule has 0 aromatic heterocycles. The zero-order chi connectivity index (χ0) is 15.4. The van der Waals surface area contributed by atoms with Gasteiger partial charge in [0.05, 0.1) is 12.2 Å². The third-order valence-electron chi connectivity index (χ3n) is 3.95. The molecular weight excluding hydrogens is 273 g/mol. The second-order valence-electron chi connectivity index (χ2n) is 5.50. The highest BCUT2D eigenvalue weighted by Gasteiger charge is 2.28. The maximum Gasteiger partial charge on any atom is 0.257 e. The van der Waals surface area contributed by atoms with Crippen LogP contribution in [0.1, 0.15) is 23.2 Å². The van der Waals surface area contributed by atoms with Crippen LogP contribution in [0.25, 0.3) is 0 Å². The second-order valence-corrected chi connectivity index (χ2v) is 5.50. The molecule has 6 heteroatoms. The molecular formula is C15H22FN3O2. The number of carbonyl (C=O) groups is 1. The van der Waals surface area contributed by atoms with E-state index in [1.54, 1.807) is 4.90 Å². The largest absolute Gasteiger partial charge is 0.399 e. The van der Waals surface area contributed by atoms with Crippen molar-refractivity contribution in [3.05, 3.63) is 29.6 Å². The molecule has 1 aromatic carbocycles. The van der Waals surface area contributed by atoms with Crippen LogP contribution >= 0.6 is 0 Å². The van der Waals surface area contributed by atoms with Crippen LogP contribution in [0.5, 0.6) is 0 Å². The Morgan fingerprint density at radius 1 is 1.48 bits per heavy atom. The van der Waals surface area contributed by atoms with Gasteiger partial charge >= 0.3 is 0 Å². The standard InChI is InChI=1S/C15H22FN3O2/c1-18-6-4-12(5-7-18)19(8-9-20)15(21)13-3-2-11(17)10-14(13)16/h2-3,10,12,20H,4-9,17H2,1H3. The van der Waals surface area contributed by atoms with Crippen molar-refractivity contribution in [1.82, 2.24) is 9.80 Å². The molecule has 0 atom stereocenters. The van der Waals surface area contributed by atoms with Gasteiger partial charge in [-0.3, -0.25) is 4.79 Å². The number of benzene rings is 1. The minimum atomic E-state index is -0.615. The third-order valence-corrected chi connectivity index (χ3v) is 3.95. The lowest BCUT2D eigenvalue weighted by Gasteiger charge is -2.37. The SMILES string of the molecule is CN1CCC(N(CCO)C(=O)c2ccc(N)cc2F)CC1. The van der Waals surface area contributed by atoms with E-state index in [2.05, 4.69) is 4.90 Å². The van der Waals surface area contributed by atoms with Crippen LogP contribution in [0.3, 0.4) is 0 Å². The number of likely N-dealkylation sites (tertiary alicyclic amines) is 1. The fourth-order valence-electron chi connectivity index (χ4n) is 2.72. The van der Waals surface area contributed by atoms with Crippen LogP contribution in [0.15, 0.2) is 18.2 Å². The number of piperidine rings is 1. The van der Waals surface area contributed by atoms with Crippen molar-refractivity contribution in [3.8, 4) is 0 Å². The quantitative estimate of drug-likeness (QED) is 0.811. The summed E-state index contributed by atoms with van der Waals surface area (Å²) < 4.78 is 13.9. The maximum absolute atomic E-state index is 13.9. The summed E-state index contributed by atoms with van der Waals surface area (Å²) in [5.41, 5.74) is 5.81. The first-order valence-electron chi connectivity index (χ1n) is 7.18. The number of halogens is 1. The van der Waals surface area contributed by atoms with E-state index in [0.717, 1.165) is 32.0 Å². The number of amides is 1. The third kappa shape index (κ3) is 3.71. The normalized spacial score (nSPS) is 16.9. The van der Waals surface area contributed by atoms with Gasteiger partial charge in [0, 0.05) is 18.3 Å². The van der Waals surface area contributed by atoms with Crippen LogP contribution in [0.2, 0.25) is 0 Å². The molecule has 116 valence electrons. The lowest BCUT2D eigenvalue weighted by molar-refractivity contribution is 0.0535. The molecule has 2 rings (SSSR count). The number of rotatable bonds is 4. The average molecular weight is 295 g/mol. The zero-order valence-electron chi connectivity index (χ0n) is 12.3. The van der Waals surface area contributed by atoms with E-state index in [9.17, 15) is 14.3 Å². The molecule has 0 bridgehead atoms. The first kappa shape index (κ1) is 15.7. The Morgan fingerprint density at radius 2 is 2.14 bits per heavy atom. The number of nitrogens with two attached hydrogens (primary N) is 1. The van der Waals surface area contributed by atoms with Crippen molar-refractivity contribution >= 4 is 11.6 Å². The molecule has 1 amide bonds. The van der Waals surface area contributed by atoms with Crippen molar-refractivity contribution in [2.45, 2.75) is 18.9 Å². The van der Waals surface area contributed by atoms with Gasteiger partial charge in [-0.25, -0.2) is 4.39 Å². The van der Waals surface area contributed by atoms with E-state index in [1.807, 2.05) is 7.05 Å². The van der Waals surface area contributed by atoms with E-state index in [-0.39, 0.29) is 36.4 Å². The Kier molecular flexibility index (Phi) is 5.14. The van der Waals surface area contributed by atoms with Crippen LogP contribution in [-0.4, -0.2) is 60.1 Å². The molecule has 3 N–H and O–H groups in total. The Hall–Kier alpha value is -1.66. The van der Waals surface area contributed by atoms with Gasteiger partial charge in [0.1, 0.15) is 5.82 Å². The van der Waals surface area contributed by atoms with Crippen molar-refractivity contribution in [1.29, 1.82) is 0 Å². The minimum Gasteiger partial charge on any atom is -0.399 e. The molecule has 0 spiro atoms. The molecule has 1 saturated heterocycles. The molecule has 21 heavy (non-hydrogen) atoms. The fourth-order valence-corrected chi connectivity index (χ4v) is 2.72. The van der Waals surface area contributed by atoms with Gasteiger partial charge in [-0.1, -0.05) is 0 Å². The van der Waals surface area contributed by atoms with Crippen LogP contribution in [-0.2, 0) is 0 Å². The summed E-state index contributed by atoms with van der Waals surface area (Å²) in [4.78, 5) is 16.3. The zero-order valence-corrected chi connectivity index (χ0v) is 12.3. The average Bonchev–Trinajstić information content (AvgIpc) is 2.45. The van der Waals surface area contributed by atoms with Gasteiger partial charge in [-0.05, 0) is 51.2 Å². The number of nitrogens with zero attached hydrogens (tertiary/aromatic N) is 2. The molecule has 1 fully saturated rings. The summed E-state index contributed by atoms with van der Waals surface area (Å²) in [5.74, 6) is -0.994. The number of hydrogen-bond acceptors (Lipinski definition) is 4. The van der Waals surface area contributed by atoms with Crippen molar-refractivity contribution in [2.75, 3.05) is 39.0 Å². The molecule has 0 radical (unpaired) electrons. The summed E-state index contributed by atoms with van der Waals surface area (Å²) >= 11 is 0. The monoisotopic (exact) mass is 295 g/mol. The van der Waals surface area contributed by atoms with Gasteiger partial charge < -0.3 is 20.6 Å². The summed E-state index contributed by atoms with van der Waals surface area (Å²) in [7, 11) is 2.04. The molecule has 1 aliphatic rings. The predicted molar refractivity (Wildman–Crippen MR) is 79.5 cm³/mol. The van der Waals surface area contributed by atoms with E-state index < -0.39 is 5.82 Å². The van der Waals surface area contributed by atoms with Gasteiger partial charge in [-0.2, -0.15) is 0 Å². The molecule has 1 aliphatic heterocycles. The van der Waals surface area contributed by atoms with E-state index >= 15 is 0 Å². The molecule has 1 aromatic rings. The summed E-state index contributed by atoms with van der Waals surface area (Å²) in [6, 6.07) is 4.12. The number of carbonyl (C=O) groups excluding carboxylic acids is 1. The van der Waals surface area contributed by atoms with E-state index in [0.29, 0.717) is 0 Å². The highest BCUT2D eigenvalue weighted by molar-refractivity contribution is 5.95. The van der Waals surface area contributed by atoms with E-state index in [4.69, 9.17) is 5.73 Å². The Labute approximate surface area is 124 Å². The lowest BCUT2D eigenvalue weighted by Crippen LogP contribution is -2.47. The first-order chi connectivity index (χ1) is 10.0. The van der Waals surface area contributed by atoms with Gasteiger partial charge in [0.25, 0.3) is 5.91 Å². The first-order valence-corrected chi connectivity index (χ1v) is 7.18. The van der Waals surface area contributed by atoms with Crippen LogP contribution in [0.4, 0.5) is 10.1 Å². The topological polar surface area (TPSA) is 69.8 Å². The number of anilines is 1. The molecule has 0 aliphatic carbocycles. The van der Waals surface area contributed by atoms with Crippen LogP contribution in [0, 0.1) is 5.82 Å². The van der Waals surface area contributed by atoms with Crippen molar-refractivity contribution in [3.63, 3.8) is 0 Å². The summed E-state index contributed by atoms with van der Waals surface area (Å²) in [5, 5.41) is 9.21. The minimum absolute atomic E-state index is 0.0107. The second kappa shape index (κ2) is 6.87. The highest BCUT2D eigenvalue weighted by atomic mass is 19.1. The molecule has 0 unspecified atom stereocenters. The Bertz CT molecular complexity index is 502. The Balaban J connectivity index is 2.18. The molecule has 5 nitrogen and oxygen atoms in total. The molecule has 1 heterocycles. The fraction of sp³-hybridized carbons (Fsp3) is 0.533. The lowest BCUT2D eigenvalue weighted by atomic mass is 10.0. The highest BCUT2D eigenvalue weighted by Crippen LogP contribution is 2.20.